The molecule has 4 atom stereocenters. The predicted molar refractivity (Wildman–Crippen MR) is 116 cm³/mol. The number of imide groups is 1. The monoisotopic (exact) mass is 451 g/mol. The minimum absolute atomic E-state index is 0.141. The zero-order chi connectivity index (χ0) is 23.5. The van der Waals surface area contributed by atoms with Gasteiger partial charge in [0.25, 0.3) is 0 Å². The number of methoxy groups -OCH3 is 1. The van der Waals surface area contributed by atoms with Crippen molar-refractivity contribution < 1.29 is 28.3 Å². The van der Waals surface area contributed by atoms with E-state index in [0.717, 1.165) is 4.90 Å². The van der Waals surface area contributed by atoms with Crippen LogP contribution in [0, 0.1) is 18.8 Å². The average molecular weight is 451 g/mol. The molecule has 3 saturated heterocycles. The van der Waals surface area contributed by atoms with E-state index in [4.69, 9.17) is 9.15 Å². The van der Waals surface area contributed by atoms with Crippen LogP contribution in [0.5, 0.6) is 0 Å². The maximum atomic E-state index is 13.8. The third-order valence-electron chi connectivity index (χ3n) is 7.02. The summed E-state index contributed by atoms with van der Waals surface area (Å²) in [4.78, 5) is 58.6. The molecule has 5 rings (SSSR count). The van der Waals surface area contributed by atoms with Gasteiger partial charge >= 0.3 is 0 Å². The molecule has 9 heteroatoms. The van der Waals surface area contributed by atoms with Gasteiger partial charge in [-0.05, 0) is 38.1 Å². The van der Waals surface area contributed by atoms with Gasteiger partial charge < -0.3 is 19.0 Å². The second-order valence-corrected chi connectivity index (χ2v) is 8.87. The Morgan fingerprint density at radius 2 is 1.79 bits per heavy atom. The molecule has 1 aromatic heterocycles. The number of fused-ring (bicyclic) bond motifs is 3. The van der Waals surface area contributed by atoms with Crippen LogP contribution in [0.2, 0.25) is 0 Å². The molecule has 0 radical (unpaired) electrons. The molecule has 0 bridgehead atoms. The summed E-state index contributed by atoms with van der Waals surface area (Å²) in [6.07, 6.45) is 0. The summed E-state index contributed by atoms with van der Waals surface area (Å²) >= 11 is 0. The van der Waals surface area contributed by atoms with Crippen molar-refractivity contribution in [1.82, 2.24) is 9.80 Å². The molecule has 0 N–H and O–H groups in total. The fraction of sp³-hybridized carbons (Fsp3) is 0.417. The van der Waals surface area contributed by atoms with E-state index < -0.39 is 35.2 Å². The third kappa shape index (κ3) is 2.88. The summed E-state index contributed by atoms with van der Waals surface area (Å²) in [6, 6.07) is 11.3. The van der Waals surface area contributed by atoms with Gasteiger partial charge in [-0.15, -0.1) is 0 Å². The number of piperazine rings is 1. The molecular weight excluding hydrogens is 426 g/mol. The van der Waals surface area contributed by atoms with Gasteiger partial charge in [0, 0.05) is 13.7 Å². The van der Waals surface area contributed by atoms with Gasteiger partial charge in [-0.3, -0.25) is 19.2 Å². The number of hydrogen-bond donors (Lipinski definition) is 0. The molecule has 2 aromatic rings. The maximum absolute atomic E-state index is 13.8. The molecule has 3 aliphatic heterocycles. The lowest BCUT2D eigenvalue weighted by atomic mass is 9.79. The zero-order valence-electron chi connectivity index (χ0n) is 18.7. The second-order valence-electron chi connectivity index (χ2n) is 8.87. The fourth-order valence-corrected chi connectivity index (χ4v) is 5.61. The lowest BCUT2D eigenvalue weighted by Crippen LogP contribution is -2.68. The van der Waals surface area contributed by atoms with Gasteiger partial charge in [0.2, 0.25) is 23.6 Å². The summed E-state index contributed by atoms with van der Waals surface area (Å²) in [5.74, 6) is -2.55. The Morgan fingerprint density at radius 3 is 2.42 bits per heavy atom. The van der Waals surface area contributed by atoms with Crippen molar-refractivity contribution >= 4 is 29.3 Å². The van der Waals surface area contributed by atoms with Crippen molar-refractivity contribution in [3.05, 3.63) is 54.0 Å². The normalized spacial score (nSPS) is 29.2. The summed E-state index contributed by atoms with van der Waals surface area (Å²) < 4.78 is 11.0. The Bertz CT molecular complexity index is 1140. The number of carbonyl (C=O) groups is 4. The summed E-state index contributed by atoms with van der Waals surface area (Å²) in [5, 5.41) is 0. The Labute approximate surface area is 190 Å². The predicted octanol–water partition coefficient (Wildman–Crippen LogP) is 1.52. The molecule has 4 amide bonds. The molecule has 3 fully saturated rings. The van der Waals surface area contributed by atoms with E-state index in [-0.39, 0.29) is 31.5 Å². The molecule has 0 saturated carbocycles. The van der Waals surface area contributed by atoms with Gasteiger partial charge in [-0.2, -0.15) is 0 Å². The Kier molecular flexibility index (Phi) is 4.89. The number of carbonyl (C=O) groups excluding carboxylic acids is 4. The van der Waals surface area contributed by atoms with Crippen molar-refractivity contribution in [2.75, 3.05) is 31.7 Å². The minimum atomic E-state index is -1.52. The second kappa shape index (κ2) is 7.55. The average Bonchev–Trinajstić information content (AvgIpc) is 3.43. The van der Waals surface area contributed by atoms with Gasteiger partial charge in [0.05, 0.1) is 30.7 Å². The van der Waals surface area contributed by atoms with Gasteiger partial charge in [0.15, 0.2) is 0 Å². The molecule has 9 nitrogen and oxygen atoms in total. The largest absolute Gasteiger partial charge is 0.464 e. The first-order valence-corrected chi connectivity index (χ1v) is 10.9. The fourth-order valence-electron chi connectivity index (χ4n) is 5.61. The standard InChI is InChI=1S/C24H25N3O6/c1-14-9-10-16(33-14)20-18-19(22(30)26(21(18)29)15-7-5-4-6-8-15)24(2)23(31)25(11-12-32-3)13-17(28)27(20)24/h4-10,18-20H,11-13H2,1-3H3/t18-,19-,20-,24-/m1/s1. The van der Waals surface area contributed by atoms with Crippen LogP contribution in [0.25, 0.3) is 0 Å². The first-order valence-electron chi connectivity index (χ1n) is 10.9. The van der Waals surface area contributed by atoms with E-state index in [2.05, 4.69) is 0 Å². The van der Waals surface area contributed by atoms with Gasteiger partial charge in [-0.25, -0.2) is 4.90 Å². The molecule has 3 aliphatic rings. The van der Waals surface area contributed by atoms with Crippen molar-refractivity contribution in [2.45, 2.75) is 25.4 Å². The molecule has 0 unspecified atom stereocenters. The first kappa shape index (κ1) is 21.4. The van der Waals surface area contributed by atoms with E-state index in [1.807, 2.05) is 0 Å². The van der Waals surface area contributed by atoms with Crippen molar-refractivity contribution in [2.24, 2.45) is 11.8 Å². The van der Waals surface area contributed by atoms with Crippen LogP contribution in [0.4, 0.5) is 5.69 Å². The Morgan fingerprint density at radius 1 is 1.06 bits per heavy atom. The van der Waals surface area contributed by atoms with Crippen molar-refractivity contribution in [3.63, 3.8) is 0 Å². The van der Waals surface area contributed by atoms with E-state index >= 15 is 0 Å². The molecule has 0 spiro atoms. The highest BCUT2D eigenvalue weighted by atomic mass is 16.5. The summed E-state index contributed by atoms with van der Waals surface area (Å²) in [6.45, 7) is 3.70. The Hall–Kier alpha value is -3.46. The molecule has 172 valence electrons. The Balaban J connectivity index is 1.66. The van der Waals surface area contributed by atoms with Crippen LogP contribution in [0.15, 0.2) is 46.9 Å². The van der Waals surface area contributed by atoms with Crippen LogP contribution in [0.1, 0.15) is 24.5 Å². The highest BCUT2D eigenvalue weighted by Gasteiger charge is 2.73. The molecule has 33 heavy (non-hydrogen) atoms. The molecule has 1 aromatic carbocycles. The van der Waals surface area contributed by atoms with Crippen LogP contribution in [0.3, 0.4) is 0 Å². The smallest absolute Gasteiger partial charge is 0.249 e. The zero-order valence-corrected chi connectivity index (χ0v) is 18.7. The van der Waals surface area contributed by atoms with E-state index in [1.165, 1.54) is 16.9 Å². The number of furan rings is 1. The number of ether oxygens (including phenoxy) is 1. The third-order valence-corrected chi connectivity index (χ3v) is 7.02. The van der Waals surface area contributed by atoms with Crippen LogP contribution in [-0.2, 0) is 23.9 Å². The summed E-state index contributed by atoms with van der Waals surface area (Å²) in [7, 11) is 1.52. The van der Waals surface area contributed by atoms with E-state index in [1.54, 1.807) is 56.3 Å². The summed E-state index contributed by atoms with van der Waals surface area (Å²) in [5.41, 5.74) is -1.08. The molecular formula is C24H25N3O6. The van der Waals surface area contributed by atoms with Crippen LogP contribution < -0.4 is 4.90 Å². The van der Waals surface area contributed by atoms with Crippen LogP contribution >= 0.6 is 0 Å². The topological polar surface area (TPSA) is 100 Å². The number of anilines is 1. The quantitative estimate of drug-likeness (QED) is 0.639. The number of aryl methyl sites for hydroxylation is 1. The van der Waals surface area contributed by atoms with Crippen molar-refractivity contribution in [3.8, 4) is 0 Å². The van der Waals surface area contributed by atoms with E-state index in [0.29, 0.717) is 17.2 Å². The number of para-hydroxylation sites is 1. The maximum Gasteiger partial charge on any atom is 0.249 e. The van der Waals surface area contributed by atoms with Crippen molar-refractivity contribution in [1.29, 1.82) is 0 Å². The molecule has 0 aliphatic carbocycles. The number of amides is 4. The lowest BCUT2D eigenvalue weighted by Gasteiger charge is -2.46. The van der Waals surface area contributed by atoms with Gasteiger partial charge in [0.1, 0.15) is 23.1 Å². The number of nitrogens with zero attached hydrogens (tertiary/aromatic N) is 3. The number of benzene rings is 1. The highest BCUT2D eigenvalue weighted by molar-refractivity contribution is 6.25. The highest BCUT2D eigenvalue weighted by Crippen LogP contribution is 2.57. The number of hydrogen-bond acceptors (Lipinski definition) is 6. The minimum Gasteiger partial charge on any atom is -0.464 e. The SMILES string of the molecule is COCCN1CC(=O)N2[C@H](c3ccc(C)o3)[C@@H]3C(=O)N(c4ccccc4)C(=O)[C@@H]3[C@]2(C)C1=O. The number of rotatable bonds is 5. The molecule has 4 heterocycles. The van der Waals surface area contributed by atoms with E-state index in [9.17, 15) is 19.2 Å². The lowest BCUT2D eigenvalue weighted by molar-refractivity contribution is -0.167. The van der Waals surface area contributed by atoms with Gasteiger partial charge in [-0.1, -0.05) is 18.2 Å². The van der Waals surface area contributed by atoms with Crippen LogP contribution in [-0.4, -0.2) is 65.8 Å². The first-order chi connectivity index (χ1) is 15.8.